The van der Waals surface area contributed by atoms with E-state index in [0.29, 0.717) is 0 Å². The lowest BCUT2D eigenvalue weighted by Crippen LogP contribution is -2.03. The molecule has 0 atom stereocenters. The molecule has 1 heterocycles. The van der Waals surface area contributed by atoms with Gasteiger partial charge in [-0.3, -0.25) is 0 Å². The Morgan fingerprint density at radius 1 is 1.10 bits per heavy atom. The normalized spacial score (nSPS) is 10.5. The van der Waals surface area contributed by atoms with Crippen LogP contribution >= 0.6 is 0 Å². The van der Waals surface area contributed by atoms with E-state index < -0.39 is 0 Å². The van der Waals surface area contributed by atoms with Crippen LogP contribution in [0.3, 0.4) is 0 Å². The lowest BCUT2D eigenvalue weighted by molar-refractivity contribution is 0.319. The highest BCUT2D eigenvalue weighted by atomic mass is 16.5. The molecule has 0 saturated carbocycles. The Hall–Kier alpha value is -1.90. The van der Waals surface area contributed by atoms with E-state index in [1.807, 2.05) is 18.2 Å². The van der Waals surface area contributed by atoms with Crippen LogP contribution in [0, 0.1) is 0 Å². The zero-order chi connectivity index (χ0) is 14.2. The van der Waals surface area contributed by atoms with Crippen molar-refractivity contribution in [3.05, 3.63) is 48.3 Å². The molecule has 0 aliphatic heterocycles. The van der Waals surface area contributed by atoms with Gasteiger partial charge >= 0.3 is 0 Å². The van der Waals surface area contributed by atoms with Crippen molar-refractivity contribution >= 4 is 5.69 Å². The van der Waals surface area contributed by atoms with Crippen LogP contribution in [0.1, 0.15) is 32.3 Å². The van der Waals surface area contributed by atoms with Gasteiger partial charge in [-0.25, -0.2) is 0 Å². The molecule has 0 bridgehead atoms. The van der Waals surface area contributed by atoms with E-state index in [2.05, 4.69) is 48.3 Å². The van der Waals surface area contributed by atoms with Crippen LogP contribution in [-0.4, -0.2) is 11.2 Å². The van der Waals surface area contributed by atoms with Crippen molar-refractivity contribution in [2.45, 2.75) is 39.8 Å². The van der Waals surface area contributed by atoms with Crippen LogP contribution in [0.25, 0.3) is 0 Å². The van der Waals surface area contributed by atoms with Crippen LogP contribution in [0.15, 0.2) is 42.7 Å². The number of rotatable bonds is 8. The van der Waals surface area contributed by atoms with Crippen molar-refractivity contribution in [1.82, 2.24) is 4.57 Å². The number of aromatic nitrogens is 1. The van der Waals surface area contributed by atoms with E-state index in [-0.39, 0.29) is 0 Å². The van der Waals surface area contributed by atoms with Crippen LogP contribution in [0.4, 0.5) is 5.69 Å². The van der Waals surface area contributed by atoms with Crippen molar-refractivity contribution in [1.29, 1.82) is 0 Å². The minimum atomic E-state index is 0.756. The van der Waals surface area contributed by atoms with Gasteiger partial charge < -0.3 is 14.6 Å². The van der Waals surface area contributed by atoms with Gasteiger partial charge in [0.2, 0.25) is 0 Å². The van der Waals surface area contributed by atoms with Gasteiger partial charge in [-0.1, -0.05) is 26.0 Å². The van der Waals surface area contributed by atoms with Gasteiger partial charge in [-0.05, 0) is 36.6 Å². The number of benzene rings is 1. The summed E-state index contributed by atoms with van der Waals surface area (Å²) in [6.45, 7) is 6.97. The second-order valence-corrected chi connectivity index (χ2v) is 4.96. The number of nitrogens with zero attached hydrogens (tertiary/aromatic N) is 1. The summed E-state index contributed by atoms with van der Waals surface area (Å²) in [6, 6.07) is 10.3. The van der Waals surface area contributed by atoms with Gasteiger partial charge in [0.25, 0.3) is 0 Å². The SMILES string of the molecule is CCCOc1ccccc1NCc1ccn(CCC)c1. The predicted octanol–water partition coefficient (Wildman–Crippen LogP) is 4.30. The summed E-state index contributed by atoms with van der Waals surface area (Å²) in [7, 11) is 0. The quantitative estimate of drug-likeness (QED) is 0.775. The number of para-hydroxylation sites is 2. The lowest BCUT2D eigenvalue weighted by Gasteiger charge is -2.12. The average Bonchev–Trinajstić information content (AvgIpc) is 2.92. The Balaban J connectivity index is 1.95. The first kappa shape index (κ1) is 14.5. The number of anilines is 1. The number of ether oxygens (including phenoxy) is 1. The molecule has 3 heteroatoms. The zero-order valence-electron chi connectivity index (χ0n) is 12.4. The first-order valence-corrected chi connectivity index (χ1v) is 7.43. The fourth-order valence-corrected chi connectivity index (χ4v) is 2.14. The fraction of sp³-hybridized carbons (Fsp3) is 0.412. The molecule has 1 aromatic carbocycles. The topological polar surface area (TPSA) is 26.2 Å². The van der Waals surface area contributed by atoms with E-state index in [1.165, 1.54) is 5.56 Å². The summed E-state index contributed by atoms with van der Waals surface area (Å²) >= 11 is 0. The molecule has 2 rings (SSSR count). The fourth-order valence-electron chi connectivity index (χ4n) is 2.14. The Kier molecular flexibility index (Phi) is 5.54. The Morgan fingerprint density at radius 2 is 1.95 bits per heavy atom. The summed E-state index contributed by atoms with van der Waals surface area (Å²) in [4.78, 5) is 0. The smallest absolute Gasteiger partial charge is 0.142 e. The standard InChI is InChI=1S/C17H24N2O/c1-3-10-19-11-9-15(14-19)13-18-16-7-5-6-8-17(16)20-12-4-2/h5-9,11,14,18H,3-4,10,12-13H2,1-2H3. The molecule has 0 saturated heterocycles. The zero-order valence-corrected chi connectivity index (χ0v) is 12.4. The molecular weight excluding hydrogens is 248 g/mol. The van der Waals surface area contributed by atoms with Crippen molar-refractivity contribution < 1.29 is 4.74 Å². The average molecular weight is 272 g/mol. The lowest BCUT2D eigenvalue weighted by atomic mass is 10.2. The summed E-state index contributed by atoms with van der Waals surface area (Å²) in [5, 5.41) is 3.46. The van der Waals surface area contributed by atoms with Crippen LogP contribution in [0.5, 0.6) is 5.75 Å². The molecule has 0 aliphatic rings. The van der Waals surface area contributed by atoms with Crippen LogP contribution < -0.4 is 10.1 Å². The van der Waals surface area contributed by atoms with Crippen molar-refractivity contribution in [2.75, 3.05) is 11.9 Å². The van der Waals surface area contributed by atoms with Gasteiger partial charge in [0, 0.05) is 25.5 Å². The first-order valence-electron chi connectivity index (χ1n) is 7.43. The molecule has 1 N–H and O–H groups in total. The summed E-state index contributed by atoms with van der Waals surface area (Å²) in [5.41, 5.74) is 2.35. The summed E-state index contributed by atoms with van der Waals surface area (Å²) in [6.07, 6.45) is 6.52. The van der Waals surface area contributed by atoms with E-state index in [4.69, 9.17) is 4.74 Å². The number of hydrogen-bond acceptors (Lipinski definition) is 2. The minimum absolute atomic E-state index is 0.756. The molecule has 3 nitrogen and oxygen atoms in total. The maximum Gasteiger partial charge on any atom is 0.142 e. The second-order valence-electron chi connectivity index (χ2n) is 4.96. The second kappa shape index (κ2) is 7.63. The van der Waals surface area contributed by atoms with Gasteiger partial charge in [0.05, 0.1) is 12.3 Å². The van der Waals surface area contributed by atoms with Gasteiger partial charge in [-0.2, -0.15) is 0 Å². The number of nitrogens with one attached hydrogen (secondary N) is 1. The van der Waals surface area contributed by atoms with Crippen LogP contribution in [0.2, 0.25) is 0 Å². The molecule has 0 aliphatic carbocycles. The molecule has 0 unspecified atom stereocenters. The molecule has 0 amide bonds. The third kappa shape index (κ3) is 4.05. The van der Waals surface area contributed by atoms with E-state index >= 15 is 0 Å². The van der Waals surface area contributed by atoms with Crippen molar-refractivity contribution in [3.63, 3.8) is 0 Å². The molecule has 1 aromatic heterocycles. The third-order valence-electron chi connectivity index (χ3n) is 3.13. The van der Waals surface area contributed by atoms with E-state index in [9.17, 15) is 0 Å². The summed E-state index contributed by atoms with van der Waals surface area (Å²) < 4.78 is 7.98. The summed E-state index contributed by atoms with van der Waals surface area (Å²) in [5.74, 6) is 0.933. The van der Waals surface area contributed by atoms with Crippen molar-refractivity contribution in [3.8, 4) is 5.75 Å². The molecule has 20 heavy (non-hydrogen) atoms. The van der Waals surface area contributed by atoms with Crippen LogP contribution in [-0.2, 0) is 13.1 Å². The predicted molar refractivity (Wildman–Crippen MR) is 84.3 cm³/mol. The van der Waals surface area contributed by atoms with E-state index in [1.54, 1.807) is 0 Å². The van der Waals surface area contributed by atoms with Gasteiger partial charge in [0.15, 0.2) is 0 Å². The largest absolute Gasteiger partial charge is 0.491 e. The maximum atomic E-state index is 5.75. The Bertz CT molecular complexity index is 519. The minimum Gasteiger partial charge on any atom is -0.491 e. The van der Waals surface area contributed by atoms with Crippen molar-refractivity contribution in [2.24, 2.45) is 0 Å². The monoisotopic (exact) mass is 272 g/mol. The first-order chi connectivity index (χ1) is 9.83. The number of aryl methyl sites for hydroxylation is 1. The highest BCUT2D eigenvalue weighted by molar-refractivity contribution is 5.56. The molecule has 2 aromatic rings. The van der Waals surface area contributed by atoms with Gasteiger partial charge in [0.1, 0.15) is 5.75 Å². The maximum absolute atomic E-state index is 5.75. The molecule has 0 fully saturated rings. The molecule has 0 spiro atoms. The molecule has 108 valence electrons. The molecule has 0 radical (unpaired) electrons. The third-order valence-corrected chi connectivity index (χ3v) is 3.13. The number of hydrogen-bond donors (Lipinski definition) is 1. The Labute approximate surface area is 121 Å². The van der Waals surface area contributed by atoms with Gasteiger partial charge in [-0.15, -0.1) is 0 Å². The van der Waals surface area contributed by atoms with E-state index in [0.717, 1.165) is 44.0 Å². The highest BCUT2D eigenvalue weighted by Gasteiger charge is 2.03. The Morgan fingerprint density at radius 3 is 2.75 bits per heavy atom. The highest BCUT2D eigenvalue weighted by Crippen LogP contribution is 2.24. The molecular formula is C17H24N2O.